The maximum absolute atomic E-state index is 12.3. The van der Waals surface area contributed by atoms with Crippen LogP contribution in [0.25, 0.3) is 0 Å². The number of aliphatic imine (C=N–C) groups is 1. The molecule has 0 aromatic heterocycles. The topological polar surface area (TPSA) is 74.2 Å². The number of carbonyl (C=O) groups excluding carboxylic acids is 2. The third kappa shape index (κ3) is 4.50. The molecule has 0 radical (unpaired) electrons. The monoisotopic (exact) mass is 391 g/mol. The van der Waals surface area contributed by atoms with E-state index in [1.807, 2.05) is 48.5 Å². The average Bonchev–Trinajstić information content (AvgIpc) is 2.75. The molecule has 2 heterocycles. The van der Waals surface area contributed by atoms with Gasteiger partial charge in [-0.05, 0) is 13.0 Å². The van der Waals surface area contributed by atoms with E-state index in [-0.39, 0.29) is 24.5 Å². The van der Waals surface area contributed by atoms with Gasteiger partial charge < -0.3 is 14.2 Å². The summed E-state index contributed by atoms with van der Waals surface area (Å²) < 4.78 is 17.1. The van der Waals surface area contributed by atoms with Crippen LogP contribution in [0.4, 0.5) is 0 Å². The van der Waals surface area contributed by atoms with E-state index in [9.17, 15) is 9.59 Å². The minimum atomic E-state index is -0.539. The molecule has 3 atom stereocenters. The fraction of sp³-hybridized carbons (Fsp3) is 0.261. The van der Waals surface area contributed by atoms with E-state index in [2.05, 4.69) is 4.99 Å². The van der Waals surface area contributed by atoms with Crippen molar-refractivity contribution in [3.8, 4) is 0 Å². The quantitative estimate of drug-likeness (QED) is 0.442. The highest BCUT2D eigenvalue weighted by atomic mass is 16.7. The van der Waals surface area contributed by atoms with Gasteiger partial charge in [0.15, 0.2) is 18.2 Å². The molecule has 0 bridgehead atoms. The van der Waals surface area contributed by atoms with E-state index in [1.165, 1.54) is 0 Å². The highest BCUT2D eigenvalue weighted by Gasteiger charge is 2.38. The smallest absolute Gasteiger partial charge is 0.357 e. The van der Waals surface area contributed by atoms with Crippen LogP contribution in [0.15, 0.2) is 77.4 Å². The Balaban J connectivity index is 1.48. The molecule has 1 fully saturated rings. The van der Waals surface area contributed by atoms with Gasteiger partial charge in [0.1, 0.15) is 11.8 Å². The molecule has 0 amide bonds. The molecule has 2 aromatic carbocycles. The Kier molecular flexibility index (Phi) is 5.64. The number of ether oxygens (including phenoxy) is 3. The van der Waals surface area contributed by atoms with Crippen molar-refractivity contribution in [3.63, 3.8) is 0 Å². The molecule has 29 heavy (non-hydrogen) atoms. The summed E-state index contributed by atoms with van der Waals surface area (Å²) in [7, 11) is 0. The predicted octanol–water partition coefficient (Wildman–Crippen LogP) is 3.64. The predicted molar refractivity (Wildman–Crippen MR) is 106 cm³/mol. The Hall–Kier alpha value is -3.09. The number of hydrogen-bond acceptors (Lipinski definition) is 6. The number of hydrogen-bond donors (Lipinski definition) is 0. The van der Waals surface area contributed by atoms with Crippen LogP contribution in [0.3, 0.4) is 0 Å². The van der Waals surface area contributed by atoms with Gasteiger partial charge in [-0.3, -0.25) is 9.79 Å². The number of rotatable bonds is 5. The second-order valence-corrected chi connectivity index (χ2v) is 6.99. The van der Waals surface area contributed by atoms with E-state index in [1.54, 1.807) is 25.1 Å². The maximum atomic E-state index is 12.3. The minimum Gasteiger partial charge on any atom is -0.452 e. The molecule has 1 saturated heterocycles. The Morgan fingerprint density at radius 1 is 1.07 bits per heavy atom. The number of esters is 1. The Morgan fingerprint density at radius 2 is 1.76 bits per heavy atom. The van der Waals surface area contributed by atoms with E-state index in [4.69, 9.17) is 14.2 Å². The number of carbonyl (C=O) groups is 2. The van der Waals surface area contributed by atoms with Gasteiger partial charge in [0.2, 0.25) is 0 Å². The molecule has 0 aliphatic carbocycles. The SMILES string of the molecule is CC(CC(=O)c1ccccc1)=NC1=C[C@@H]2O[C@@H](c3ccccc3)OC[C@H]2OC1=O. The Bertz CT molecular complexity index is 952. The molecule has 148 valence electrons. The standard InChI is InChI=1S/C23H21NO5/c1-15(12-19(25)16-8-4-2-5-9-16)24-18-13-20-21(28-22(18)26)14-27-23(29-20)17-10-6-3-7-11-17/h2-11,13,20-21,23H,12,14H2,1H3/t20-,21+,23-/m0/s1. The van der Waals surface area contributed by atoms with E-state index >= 15 is 0 Å². The van der Waals surface area contributed by atoms with Gasteiger partial charge >= 0.3 is 5.97 Å². The molecule has 0 N–H and O–H groups in total. The third-order valence-corrected chi connectivity index (χ3v) is 4.74. The third-order valence-electron chi connectivity index (χ3n) is 4.74. The molecule has 4 rings (SSSR count). The number of nitrogens with zero attached hydrogens (tertiary/aromatic N) is 1. The maximum Gasteiger partial charge on any atom is 0.357 e. The Labute approximate surface area is 168 Å². The number of Topliss-reactive ketones (excluding diaryl/α,β-unsaturated/α-hetero) is 1. The number of ketones is 1. The molecule has 0 unspecified atom stereocenters. The second-order valence-electron chi connectivity index (χ2n) is 6.99. The van der Waals surface area contributed by atoms with Crippen LogP contribution in [-0.2, 0) is 19.0 Å². The first-order valence-electron chi connectivity index (χ1n) is 9.47. The van der Waals surface area contributed by atoms with Crippen LogP contribution in [0.2, 0.25) is 0 Å². The summed E-state index contributed by atoms with van der Waals surface area (Å²) in [6, 6.07) is 18.6. The lowest BCUT2D eigenvalue weighted by Gasteiger charge is -2.37. The van der Waals surface area contributed by atoms with Crippen molar-refractivity contribution < 1.29 is 23.8 Å². The van der Waals surface area contributed by atoms with Gasteiger partial charge in [-0.2, -0.15) is 0 Å². The van der Waals surface area contributed by atoms with Crippen LogP contribution >= 0.6 is 0 Å². The molecule has 2 aliphatic rings. The Morgan fingerprint density at radius 3 is 2.48 bits per heavy atom. The van der Waals surface area contributed by atoms with Crippen LogP contribution < -0.4 is 0 Å². The van der Waals surface area contributed by atoms with E-state index in [0.717, 1.165) is 5.56 Å². The first-order valence-corrected chi connectivity index (χ1v) is 9.47. The van der Waals surface area contributed by atoms with Gasteiger partial charge in [-0.1, -0.05) is 60.7 Å². The largest absolute Gasteiger partial charge is 0.452 e. The van der Waals surface area contributed by atoms with Crippen LogP contribution in [0.1, 0.15) is 35.6 Å². The highest BCUT2D eigenvalue weighted by Crippen LogP contribution is 2.31. The van der Waals surface area contributed by atoms with Gasteiger partial charge in [0.05, 0.1) is 6.61 Å². The number of benzene rings is 2. The summed E-state index contributed by atoms with van der Waals surface area (Å²) in [6.45, 7) is 1.97. The molecular weight excluding hydrogens is 370 g/mol. The fourth-order valence-corrected chi connectivity index (χ4v) is 3.29. The fourth-order valence-electron chi connectivity index (χ4n) is 3.29. The lowest BCUT2D eigenvalue weighted by atomic mass is 10.1. The molecule has 0 saturated carbocycles. The summed E-state index contributed by atoms with van der Waals surface area (Å²) in [5, 5.41) is 0. The molecule has 6 heteroatoms. The zero-order chi connectivity index (χ0) is 20.2. The summed E-state index contributed by atoms with van der Waals surface area (Å²) >= 11 is 0. The van der Waals surface area contributed by atoms with Crippen molar-refractivity contribution in [2.24, 2.45) is 4.99 Å². The summed E-state index contributed by atoms with van der Waals surface area (Å²) in [4.78, 5) is 29.0. The molecule has 2 aliphatic heterocycles. The summed E-state index contributed by atoms with van der Waals surface area (Å²) in [6.07, 6.45) is 0.289. The van der Waals surface area contributed by atoms with Crippen molar-refractivity contribution >= 4 is 17.5 Å². The van der Waals surface area contributed by atoms with Gasteiger partial charge in [0, 0.05) is 23.3 Å². The van der Waals surface area contributed by atoms with Gasteiger partial charge in [-0.25, -0.2) is 4.79 Å². The van der Waals surface area contributed by atoms with Crippen LogP contribution in [-0.4, -0.2) is 36.3 Å². The van der Waals surface area contributed by atoms with E-state index in [0.29, 0.717) is 11.3 Å². The second kappa shape index (κ2) is 8.51. The van der Waals surface area contributed by atoms with Crippen molar-refractivity contribution in [1.82, 2.24) is 0 Å². The average molecular weight is 391 g/mol. The van der Waals surface area contributed by atoms with Gasteiger partial charge in [0.25, 0.3) is 0 Å². The van der Waals surface area contributed by atoms with Crippen molar-refractivity contribution in [3.05, 3.63) is 83.6 Å². The number of fused-ring (bicyclic) bond motifs is 1. The lowest BCUT2D eigenvalue weighted by Crippen LogP contribution is -2.45. The molecule has 0 spiro atoms. The van der Waals surface area contributed by atoms with Crippen molar-refractivity contribution in [2.75, 3.05) is 6.61 Å². The van der Waals surface area contributed by atoms with Crippen molar-refractivity contribution in [2.45, 2.75) is 31.8 Å². The molecule has 6 nitrogen and oxygen atoms in total. The highest BCUT2D eigenvalue weighted by molar-refractivity contribution is 6.10. The molecule has 2 aromatic rings. The van der Waals surface area contributed by atoms with Crippen LogP contribution in [0, 0.1) is 0 Å². The van der Waals surface area contributed by atoms with E-state index < -0.39 is 24.5 Å². The van der Waals surface area contributed by atoms with Gasteiger partial charge in [-0.15, -0.1) is 0 Å². The minimum absolute atomic E-state index is 0.0547. The zero-order valence-electron chi connectivity index (χ0n) is 16.0. The first kappa shape index (κ1) is 19.2. The van der Waals surface area contributed by atoms with Crippen LogP contribution in [0.5, 0.6) is 0 Å². The normalized spacial score (nSPS) is 24.3. The lowest BCUT2D eigenvalue weighted by molar-refractivity contribution is -0.252. The van der Waals surface area contributed by atoms with Crippen molar-refractivity contribution in [1.29, 1.82) is 0 Å². The zero-order valence-corrected chi connectivity index (χ0v) is 16.0. The summed E-state index contributed by atoms with van der Waals surface area (Å²) in [5.74, 6) is -0.593. The summed E-state index contributed by atoms with van der Waals surface area (Å²) in [5.41, 5.74) is 2.19. The molecular formula is C23H21NO5. The first-order chi connectivity index (χ1) is 14.1.